The Bertz CT molecular complexity index is 944. The summed E-state index contributed by atoms with van der Waals surface area (Å²) in [4.78, 5) is 34.9. The predicted molar refractivity (Wildman–Crippen MR) is 224 cm³/mol. The first kappa shape index (κ1) is 52.5. The SMILES string of the molecule is CCCCC/C=C/C/C=C/CCCCCCCCCCCC(=O)O[C@H](COC(=O)CCCCCCCCCCCCCCCC)COP(=O)(O)OCCN. The highest BCUT2D eigenvalue weighted by Crippen LogP contribution is 2.43. The van der Waals surface area contributed by atoms with Crippen molar-refractivity contribution >= 4 is 19.8 Å². The molecule has 0 aliphatic heterocycles. The second-order valence-electron chi connectivity index (χ2n) is 14.9. The standard InChI is InChI=1S/C44H84NO8P/c1-3-5-7-9-11-13-15-17-19-20-21-22-23-25-27-29-31-33-35-37-44(47)53-42(41-52-54(48,49)51-39-38-45)40-50-43(46)36-34-32-30-28-26-24-18-16-14-12-10-8-6-4-2/h11,13,17,19,42H,3-10,12,14-16,18,20-41,45H2,1-2H3,(H,48,49)/b13-11+,19-17+/t42-/m1/s1. The Kier molecular flexibility index (Phi) is 40.0. The molecular weight excluding hydrogens is 701 g/mol. The van der Waals surface area contributed by atoms with Crippen LogP contribution in [0.1, 0.15) is 213 Å². The number of hydrogen-bond donors (Lipinski definition) is 2. The third-order valence-corrected chi connectivity index (χ3v) is 10.6. The van der Waals surface area contributed by atoms with Crippen molar-refractivity contribution in [3.8, 4) is 0 Å². The zero-order chi connectivity index (χ0) is 39.6. The van der Waals surface area contributed by atoms with Gasteiger partial charge in [0, 0.05) is 19.4 Å². The van der Waals surface area contributed by atoms with Crippen LogP contribution in [0.3, 0.4) is 0 Å². The summed E-state index contributed by atoms with van der Waals surface area (Å²) in [5.41, 5.74) is 5.35. The molecule has 0 amide bonds. The van der Waals surface area contributed by atoms with E-state index in [0.717, 1.165) is 51.4 Å². The highest BCUT2D eigenvalue weighted by molar-refractivity contribution is 7.47. The molecule has 9 nitrogen and oxygen atoms in total. The number of carbonyl (C=O) groups is 2. The van der Waals surface area contributed by atoms with Gasteiger partial charge in [-0.25, -0.2) is 4.57 Å². The minimum atomic E-state index is -4.37. The molecule has 0 bridgehead atoms. The second-order valence-corrected chi connectivity index (χ2v) is 16.4. The first-order valence-electron chi connectivity index (χ1n) is 22.3. The minimum absolute atomic E-state index is 0.0543. The third-order valence-electron chi connectivity index (χ3n) is 9.59. The number of carbonyl (C=O) groups excluding carboxylic acids is 2. The van der Waals surface area contributed by atoms with E-state index in [1.54, 1.807) is 0 Å². The van der Waals surface area contributed by atoms with Crippen molar-refractivity contribution in [2.24, 2.45) is 5.73 Å². The number of hydrogen-bond acceptors (Lipinski definition) is 8. The summed E-state index contributed by atoms with van der Waals surface area (Å²) in [6.45, 7) is 3.72. The number of unbranched alkanes of at least 4 members (excludes halogenated alkanes) is 25. The van der Waals surface area contributed by atoms with E-state index in [1.807, 2.05) is 0 Å². The van der Waals surface area contributed by atoms with Gasteiger partial charge in [0.25, 0.3) is 0 Å². The molecule has 0 spiro atoms. The predicted octanol–water partition coefficient (Wildman–Crippen LogP) is 12.8. The first-order valence-corrected chi connectivity index (χ1v) is 23.8. The lowest BCUT2D eigenvalue weighted by Gasteiger charge is -2.19. The summed E-state index contributed by atoms with van der Waals surface area (Å²) in [6, 6.07) is 0. The molecular formula is C44H84NO8P. The Morgan fingerprint density at radius 2 is 0.963 bits per heavy atom. The number of allylic oxidation sites excluding steroid dienone is 4. The zero-order valence-electron chi connectivity index (χ0n) is 35.0. The van der Waals surface area contributed by atoms with Gasteiger partial charge in [0.2, 0.25) is 0 Å². The molecule has 0 aliphatic rings. The molecule has 0 fully saturated rings. The van der Waals surface area contributed by atoms with Gasteiger partial charge in [0.1, 0.15) is 6.61 Å². The molecule has 0 radical (unpaired) electrons. The number of esters is 2. The van der Waals surface area contributed by atoms with E-state index in [0.29, 0.717) is 6.42 Å². The summed E-state index contributed by atoms with van der Waals surface area (Å²) >= 11 is 0. The molecule has 3 N–H and O–H groups in total. The van der Waals surface area contributed by atoms with Crippen molar-refractivity contribution in [3.63, 3.8) is 0 Å². The number of ether oxygens (including phenoxy) is 2. The van der Waals surface area contributed by atoms with Crippen molar-refractivity contribution in [1.82, 2.24) is 0 Å². The molecule has 318 valence electrons. The monoisotopic (exact) mass is 786 g/mol. The highest BCUT2D eigenvalue weighted by Gasteiger charge is 2.26. The molecule has 0 aromatic rings. The largest absolute Gasteiger partial charge is 0.472 e. The fourth-order valence-electron chi connectivity index (χ4n) is 6.25. The molecule has 0 saturated carbocycles. The van der Waals surface area contributed by atoms with Crippen molar-refractivity contribution in [3.05, 3.63) is 24.3 Å². The van der Waals surface area contributed by atoms with Crippen LogP contribution in [0, 0.1) is 0 Å². The van der Waals surface area contributed by atoms with Crippen LogP contribution in [0.4, 0.5) is 0 Å². The first-order chi connectivity index (χ1) is 26.3. The van der Waals surface area contributed by atoms with Crippen molar-refractivity contribution in [1.29, 1.82) is 0 Å². The van der Waals surface area contributed by atoms with Gasteiger partial charge in [0.05, 0.1) is 13.2 Å². The average Bonchev–Trinajstić information content (AvgIpc) is 3.16. The normalized spacial score (nSPS) is 13.5. The van der Waals surface area contributed by atoms with Gasteiger partial charge in [-0.2, -0.15) is 0 Å². The van der Waals surface area contributed by atoms with Crippen LogP contribution in [0.2, 0.25) is 0 Å². The van der Waals surface area contributed by atoms with Gasteiger partial charge < -0.3 is 20.1 Å². The Labute approximate surface area is 332 Å². The molecule has 10 heteroatoms. The molecule has 0 aromatic carbocycles. The number of phosphoric ester groups is 1. The molecule has 0 saturated heterocycles. The summed E-state index contributed by atoms with van der Waals surface area (Å²) in [7, 11) is -4.37. The molecule has 1 unspecified atom stereocenters. The Balaban J connectivity index is 4.11. The maximum Gasteiger partial charge on any atom is 0.472 e. The van der Waals surface area contributed by atoms with Crippen LogP contribution in [-0.2, 0) is 32.7 Å². The van der Waals surface area contributed by atoms with Gasteiger partial charge in [0.15, 0.2) is 6.10 Å². The maximum atomic E-state index is 12.6. The average molecular weight is 786 g/mol. The molecule has 54 heavy (non-hydrogen) atoms. The van der Waals surface area contributed by atoms with Gasteiger partial charge >= 0.3 is 19.8 Å². The highest BCUT2D eigenvalue weighted by atomic mass is 31.2. The lowest BCUT2D eigenvalue weighted by atomic mass is 10.0. The summed E-state index contributed by atoms with van der Waals surface area (Å²) in [5, 5.41) is 0. The summed E-state index contributed by atoms with van der Waals surface area (Å²) in [6.07, 6.45) is 43.4. The quantitative estimate of drug-likeness (QED) is 0.0268. The van der Waals surface area contributed by atoms with Crippen molar-refractivity contribution in [2.45, 2.75) is 219 Å². The number of nitrogens with two attached hydrogens (primary N) is 1. The number of phosphoric acid groups is 1. The molecule has 2 atom stereocenters. The fraction of sp³-hybridized carbons (Fsp3) is 0.864. The van der Waals surface area contributed by atoms with Crippen molar-refractivity contribution < 1.29 is 37.6 Å². The van der Waals surface area contributed by atoms with Gasteiger partial charge in [-0.1, -0.05) is 179 Å². The van der Waals surface area contributed by atoms with Crippen LogP contribution < -0.4 is 5.73 Å². The van der Waals surface area contributed by atoms with E-state index in [2.05, 4.69) is 38.2 Å². The number of rotatable bonds is 42. The zero-order valence-corrected chi connectivity index (χ0v) is 35.9. The minimum Gasteiger partial charge on any atom is -0.462 e. The maximum absolute atomic E-state index is 12.6. The molecule has 0 aliphatic carbocycles. The Hall–Kier alpha value is -1.51. The van der Waals surface area contributed by atoms with E-state index < -0.39 is 26.5 Å². The summed E-state index contributed by atoms with van der Waals surface area (Å²) in [5.74, 6) is -0.825. The molecule has 0 aromatic heterocycles. The van der Waals surface area contributed by atoms with Crippen LogP contribution in [0.5, 0.6) is 0 Å². The van der Waals surface area contributed by atoms with Gasteiger partial charge in [-0.05, 0) is 44.9 Å². The van der Waals surface area contributed by atoms with Crippen LogP contribution in [-0.4, -0.2) is 49.3 Å². The van der Waals surface area contributed by atoms with Gasteiger partial charge in [-0.3, -0.25) is 18.6 Å². The van der Waals surface area contributed by atoms with Crippen LogP contribution in [0.25, 0.3) is 0 Å². The van der Waals surface area contributed by atoms with E-state index in [4.69, 9.17) is 24.3 Å². The smallest absolute Gasteiger partial charge is 0.462 e. The lowest BCUT2D eigenvalue weighted by Crippen LogP contribution is -2.29. The third kappa shape index (κ3) is 40.2. The second kappa shape index (κ2) is 41.1. The van der Waals surface area contributed by atoms with E-state index in [-0.39, 0.29) is 38.6 Å². The molecule has 0 rings (SSSR count). The topological polar surface area (TPSA) is 134 Å². The fourth-order valence-corrected chi connectivity index (χ4v) is 7.02. The van der Waals surface area contributed by atoms with Crippen LogP contribution in [0.15, 0.2) is 24.3 Å². The van der Waals surface area contributed by atoms with Gasteiger partial charge in [-0.15, -0.1) is 0 Å². The lowest BCUT2D eigenvalue weighted by molar-refractivity contribution is -0.161. The summed E-state index contributed by atoms with van der Waals surface area (Å²) < 4.78 is 32.8. The van der Waals surface area contributed by atoms with Crippen molar-refractivity contribution in [2.75, 3.05) is 26.4 Å². The van der Waals surface area contributed by atoms with E-state index >= 15 is 0 Å². The Morgan fingerprint density at radius 3 is 1.44 bits per heavy atom. The van der Waals surface area contributed by atoms with E-state index in [9.17, 15) is 19.0 Å². The van der Waals surface area contributed by atoms with E-state index in [1.165, 1.54) is 128 Å². The Morgan fingerprint density at radius 1 is 0.556 bits per heavy atom. The van der Waals surface area contributed by atoms with Crippen LogP contribution >= 0.6 is 7.82 Å². The molecule has 0 heterocycles.